The summed E-state index contributed by atoms with van der Waals surface area (Å²) in [6, 6.07) is 14.8. The Balaban J connectivity index is 2.15. The summed E-state index contributed by atoms with van der Waals surface area (Å²) in [7, 11) is -1.21. The van der Waals surface area contributed by atoms with E-state index in [4.69, 9.17) is 11.6 Å². The topological polar surface area (TPSA) is 32.9 Å². The molecule has 2 aromatic carbocycles. The summed E-state index contributed by atoms with van der Waals surface area (Å²) < 4.78 is 12.5. The van der Waals surface area contributed by atoms with E-state index in [9.17, 15) is 4.21 Å². The van der Waals surface area contributed by atoms with Crippen molar-refractivity contribution in [2.75, 3.05) is 0 Å². The van der Waals surface area contributed by atoms with E-state index in [-0.39, 0.29) is 0 Å². The van der Waals surface area contributed by atoms with Crippen LogP contribution in [0.2, 0.25) is 5.02 Å². The van der Waals surface area contributed by atoms with Gasteiger partial charge in [-0.2, -0.15) is 0 Å². The minimum atomic E-state index is -1.21. The molecule has 90 valence electrons. The zero-order valence-corrected chi connectivity index (χ0v) is 11.0. The normalized spacial score (nSPS) is 12.7. The summed E-state index contributed by atoms with van der Waals surface area (Å²) in [5.41, 5.74) is 0.989. The average Bonchev–Trinajstić information content (AvgIpc) is 2.86. The molecule has 0 amide bonds. The summed E-state index contributed by atoms with van der Waals surface area (Å²) in [5, 5.41) is 1.58. The molecule has 0 aliphatic heterocycles. The van der Waals surface area contributed by atoms with Crippen molar-refractivity contribution in [1.29, 1.82) is 0 Å². The lowest BCUT2D eigenvalue weighted by Gasteiger charge is -2.04. The molecule has 0 saturated heterocycles. The Morgan fingerprint density at radius 2 is 1.89 bits per heavy atom. The van der Waals surface area contributed by atoms with Gasteiger partial charge in [0.15, 0.2) is 0 Å². The SMILES string of the molecule is O=S(c1cccc(Cl)c1)c1cccc2[nH]ccc12. The van der Waals surface area contributed by atoms with E-state index in [0.717, 1.165) is 20.7 Å². The molecule has 0 spiro atoms. The molecule has 0 bridgehead atoms. The standard InChI is InChI=1S/C14H10ClNOS/c15-10-3-1-4-11(9-10)18(17)14-6-2-5-13-12(14)7-8-16-13/h1-9,16H. The second kappa shape index (κ2) is 4.59. The van der Waals surface area contributed by atoms with Crippen LogP contribution in [0.4, 0.5) is 0 Å². The summed E-state index contributed by atoms with van der Waals surface area (Å²) in [6.07, 6.45) is 1.85. The number of halogens is 1. The van der Waals surface area contributed by atoms with Crippen molar-refractivity contribution < 1.29 is 4.21 Å². The van der Waals surface area contributed by atoms with Gasteiger partial charge in [-0.1, -0.05) is 23.7 Å². The van der Waals surface area contributed by atoms with Crippen molar-refractivity contribution in [3.63, 3.8) is 0 Å². The van der Waals surface area contributed by atoms with Crippen LogP contribution in [0.5, 0.6) is 0 Å². The third kappa shape index (κ3) is 1.96. The molecule has 3 rings (SSSR count). The first-order valence-corrected chi connectivity index (χ1v) is 7.02. The second-order valence-electron chi connectivity index (χ2n) is 3.92. The minimum absolute atomic E-state index is 0.599. The highest BCUT2D eigenvalue weighted by atomic mass is 35.5. The van der Waals surface area contributed by atoms with Gasteiger partial charge in [0, 0.05) is 27.0 Å². The first-order valence-electron chi connectivity index (χ1n) is 5.49. The van der Waals surface area contributed by atoms with Gasteiger partial charge < -0.3 is 4.98 Å². The molecule has 1 aromatic heterocycles. The van der Waals surface area contributed by atoms with Crippen LogP contribution in [0.25, 0.3) is 10.9 Å². The molecular formula is C14H10ClNOS. The van der Waals surface area contributed by atoms with Gasteiger partial charge in [-0.05, 0) is 36.4 Å². The van der Waals surface area contributed by atoms with Gasteiger partial charge in [-0.15, -0.1) is 0 Å². The number of benzene rings is 2. The predicted molar refractivity (Wildman–Crippen MR) is 74.4 cm³/mol. The minimum Gasteiger partial charge on any atom is -0.361 e. The molecule has 0 radical (unpaired) electrons. The Morgan fingerprint density at radius 3 is 2.72 bits per heavy atom. The van der Waals surface area contributed by atoms with Crippen LogP contribution in [0.15, 0.2) is 64.5 Å². The molecule has 0 fully saturated rings. The lowest BCUT2D eigenvalue weighted by Crippen LogP contribution is -1.93. The van der Waals surface area contributed by atoms with Crippen LogP contribution < -0.4 is 0 Å². The predicted octanol–water partition coefficient (Wildman–Crippen LogP) is 3.99. The summed E-state index contributed by atoms with van der Waals surface area (Å²) in [4.78, 5) is 4.64. The Morgan fingerprint density at radius 1 is 1.06 bits per heavy atom. The lowest BCUT2D eigenvalue weighted by molar-refractivity contribution is 0.683. The van der Waals surface area contributed by atoms with Crippen LogP contribution in [0.3, 0.4) is 0 Å². The molecule has 0 saturated carbocycles. The fourth-order valence-corrected chi connectivity index (χ4v) is 3.45. The highest BCUT2D eigenvalue weighted by Gasteiger charge is 2.11. The lowest BCUT2D eigenvalue weighted by atomic mass is 10.2. The maximum Gasteiger partial charge on any atom is 0.0857 e. The van der Waals surface area contributed by atoms with Crippen LogP contribution >= 0.6 is 11.6 Å². The van der Waals surface area contributed by atoms with E-state index < -0.39 is 10.8 Å². The summed E-state index contributed by atoms with van der Waals surface area (Å²) in [6.45, 7) is 0. The van der Waals surface area contributed by atoms with Crippen molar-refractivity contribution in [1.82, 2.24) is 4.98 Å². The largest absolute Gasteiger partial charge is 0.361 e. The number of H-pyrrole nitrogens is 1. The van der Waals surface area contributed by atoms with Gasteiger partial charge in [0.25, 0.3) is 0 Å². The zero-order chi connectivity index (χ0) is 12.5. The maximum atomic E-state index is 12.5. The summed E-state index contributed by atoms with van der Waals surface area (Å²) >= 11 is 5.93. The van der Waals surface area contributed by atoms with Gasteiger partial charge in [0.2, 0.25) is 0 Å². The molecule has 3 aromatic rings. The summed E-state index contributed by atoms with van der Waals surface area (Å²) in [5.74, 6) is 0. The molecule has 0 aliphatic rings. The average molecular weight is 276 g/mol. The van der Waals surface area contributed by atoms with Gasteiger partial charge in [-0.25, -0.2) is 4.21 Å². The first-order chi connectivity index (χ1) is 8.75. The first kappa shape index (κ1) is 11.5. The van der Waals surface area contributed by atoms with Gasteiger partial charge in [0.05, 0.1) is 15.7 Å². The van der Waals surface area contributed by atoms with E-state index in [1.54, 1.807) is 12.1 Å². The van der Waals surface area contributed by atoms with E-state index in [2.05, 4.69) is 4.98 Å². The number of rotatable bonds is 2. The number of aromatic amines is 1. The van der Waals surface area contributed by atoms with Gasteiger partial charge in [-0.3, -0.25) is 0 Å². The highest BCUT2D eigenvalue weighted by molar-refractivity contribution is 7.85. The van der Waals surface area contributed by atoms with Crippen LogP contribution in [0.1, 0.15) is 0 Å². The maximum absolute atomic E-state index is 12.5. The van der Waals surface area contributed by atoms with E-state index in [1.807, 2.05) is 42.6 Å². The molecule has 1 unspecified atom stereocenters. The Labute approximate surface area is 112 Å². The Kier molecular flexibility index (Phi) is 2.94. The number of fused-ring (bicyclic) bond motifs is 1. The Bertz CT molecular complexity index is 735. The molecular weight excluding hydrogens is 266 g/mol. The van der Waals surface area contributed by atoms with Crippen molar-refractivity contribution >= 4 is 33.3 Å². The number of aromatic nitrogens is 1. The van der Waals surface area contributed by atoms with Gasteiger partial charge in [0.1, 0.15) is 0 Å². The quantitative estimate of drug-likeness (QED) is 0.754. The van der Waals surface area contributed by atoms with Crippen LogP contribution in [0, 0.1) is 0 Å². The van der Waals surface area contributed by atoms with Crippen LogP contribution in [-0.4, -0.2) is 9.19 Å². The van der Waals surface area contributed by atoms with Gasteiger partial charge >= 0.3 is 0 Å². The molecule has 4 heteroatoms. The Hall–Kier alpha value is -1.58. The second-order valence-corrected chi connectivity index (χ2v) is 5.81. The van der Waals surface area contributed by atoms with Crippen molar-refractivity contribution in [2.24, 2.45) is 0 Å². The fraction of sp³-hybridized carbons (Fsp3) is 0. The smallest absolute Gasteiger partial charge is 0.0857 e. The molecule has 18 heavy (non-hydrogen) atoms. The van der Waals surface area contributed by atoms with E-state index >= 15 is 0 Å². The van der Waals surface area contributed by atoms with Crippen LogP contribution in [-0.2, 0) is 10.8 Å². The van der Waals surface area contributed by atoms with E-state index in [1.165, 1.54) is 0 Å². The third-order valence-electron chi connectivity index (χ3n) is 2.76. The number of nitrogens with one attached hydrogen (secondary N) is 1. The molecule has 1 N–H and O–H groups in total. The monoisotopic (exact) mass is 275 g/mol. The van der Waals surface area contributed by atoms with E-state index in [0.29, 0.717) is 5.02 Å². The number of hydrogen-bond acceptors (Lipinski definition) is 1. The number of hydrogen-bond donors (Lipinski definition) is 1. The highest BCUT2D eigenvalue weighted by Crippen LogP contribution is 2.25. The molecule has 0 aliphatic carbocycles. The van der Waals surface area contributed by atoms with Crippen molar-refractivity contribution in [3.05, 3.63) is 59.8 Å². The third-order valence-corrected chi connectivity index (χ3v) is 4.44. The molecule has 2 nitrogen and oxygen atoms in total. The molecule has 1 heterocycles. The van der Waals surface area contributed by atoms with Crippen molar-refractivity contribution in [3.8, 4) is 0 Å². The molecule has 1 atom stereocenters. The zero-order valence-electron chi connectivity index (χ0n) is 9.39. The van der Waals surface area contributed by atoms with Crippen molar-refractivity contribution in [2.45, 2.75) is 9.79 Å². The fourth-order valence-electron chi connectivity index (χ4n) is 1.93.